The summed E-state index contributed by atoms with van der Waals surface area (Å²) in [5, 5.41) is 9.86. The van der Waals surface area contributed by atoms with E-state index < -0.39 is 0 Å². The maximum atomic E-state index is 5.47. The summed E-state index contributed by atoms with van der Waals surface area (Å²) in [6.07, 6.45) is 2.56. The van der Waals surface area contributed by atoms with Gasteiger partial charge >= 0.3 is 0 Å². The highest BCUT2D eigenvalue weighted by Crippen LogP contribution is 2.23. The number of nitrogens with zero attached hydrogens (tertiary/aromatic N) is 1. The smallest absolute Gasteiger partial charge is 0.170 e. The largest absolute Gasteiger partial charge is 0.361 e. The summed E-state index contributed by atoms with van der Waals surface area (Å²) in [5.41, 5.74) is 1.06. The number of anilines is 1. The highest BCUT2D eigenvalue weighted by molar-refractivity contribution is 7.80. The van der Waals surface area contributed by atoms with E-state index in [1.807, 2.05) is 0 Å². The third-order valence-electron chi connectivity index (χ3n) is 4.44. The average molecular weight is 313 g/mol. The third-order valence-corrected chi connectivity index (χ3v) is 4.69. The molecule has 0 aromatic heterocycles. The Morgan fingerprint density at radius 1 is 1.23 bits per heavy atom. The summed E-state index contributed by atoms with van der Waals surface area (Å²) in [7, 11) is 0. The number of fused-ring (bicyclic) bond motifs is 1. The van der Waals surface area contributed by atoms with Gasteiger partial charge in [0.05, 0.1) is 0 Å². The topological polar surface area (TPSA) is 27.3 Å². The zero-order valence-electron chi connectivity index (χ0n) is 13.0. The van der Waals surface area contributed by atoms with Gasteiger partial charge in [0.2, 0.25) is 0 Å². The van der Waals surface area contributed by atoms with Gasteiger partial charge in [-0.1, -0.05) is 43.3 Å². The summed E-state index contributed by atoms with van der Waals surface area (Å²) in [6, 6.07) is 15.2. The molecular weight excluding hydrogens is 290 g/mol. The van der Waals surface area contributed by atoms with Crippen LogP contribution in [0.4, 0.5) is 5.69 Å². The molecule has 22 heavy (non-hydrogen) atoms. The number of likely N-dealkylation sites (N-methyl/N-ethyl adjacent to an activating group) is 1. The second kappa shape index (κ2) is 7.07. The van der Waals surface area contributed by atoms with Gasteiger partial charge in [0, 0.05) is 23.7 Å². The Morgan fingerprint density at radius 2 is 2.05 bits per heavy atom. The van der Waals surface area contributed by atoms with E-state index in [-0.39, 0.29) is 0 Å². The standard InChI is InChI=1S/C18H23N3S/c1-2-21-12-6-9-15(21)13-19-18(22)20-17-11-5-8-14-7-3-4-10-16(14)17/h3-5,7-8,10-11,15H,2,6,9,12-13H2,1H3,(H2,19,20,22). The summed E-state index contributed by atoms with van der Waals surface area (Å²) in [6.45, 7) is 5.48. The van der Waals surface area contributed by atoms with Gasteiger partial charge in [-0.05, 0) is 49.6 Å². The molecule has 1 aliphatic heterocycles. The van der Waals surface area contributed by atoms with Gasteiger partial charge in [0.1, 0.15) is 0 Å². The zero-order valence-corrected chi connectivity index (χ0v) is 13.8. The van der Waals surface area contributed by atoms with E-state index in [0.717, 1.165) is 18.8 Å². The van der Waals surface area contributed by atoms with Crippen molar-refractivity contribution in [1.29, 1.82) is 0 Å². The van der Waals surface area contributed by atoms with Crippen molar-refractivity contribution < 1.29 is 0 Å². The minimum absolute atomic E-state index is 0.609. The van der Waals surface area contributed by atoms with Crippen LogP contribution in [-0.2, 0) is 0 Å². The minimum Gasteiger partial charge on any atom is -0.361 e. The fourth-order valence-corrected chi connectivity index (χ4v) is 3.45. The maximum absolute atomic E-state index is 5.47. The predicted molar refractivity (Wildman–Crippen MR) is 98.4 cm³/mol. The minimum atomic E-state index is 0.609. The highest BCUT2D eigenvalue weighted by atomic mass is 32.1. The molecule has 1 unspecified atom stereocenters. The van der Waals surface area contributed by atoms with E-state index >= 15 is 0 Å². The molecule has 2 aromatic rings. The van der Waals surface area contributed by atoms with Crippen molar-refractivity contribution in [3.63, 3.8) is 0 Å². The van der Waals surface area contributed by atoms with E-state index in [9.17, 15) is 0 Å². The molecule has 0 saturated carbocycles. The molecule has 1 aliphatic rings. The van der Waals surface area contributed by atoms with Crippen molar-refractivity contribution in [2.75, 3.05) is 25.0 Å². The number of hydrogen-bond donors (Lipinski definition) is 2. The molecular formula is C18H23N3S. The lowest BCUT2D eigenvalue weighted by Crippen LogP contribution is -2.41. The van der Waals surface area contributed by atoms with Crippen LogP contribution in [0, 0.1) is 0 Å². The van der Waals surface area contributed by atoms with Crippen LogP contribution in [0.1, 0.15) is 19.8 Å². The molecule has 0 radical (unpaired) electrons. The van der Waals surface area contributed by atoms with Crippen molar-refractivity contribution in [2.45, 2.75) is 25.8 Å². The van der Waals surface area contributed by atoms with Crippen LogP contribution in [0.5, 0.6) is 0 Å². The number of likely N-dealkylation sites (tertiary alicyclic amines) is 1. The zero-order chi connectivity index (χ0) is 15.4. The van der Waals surface area contributed by atoms with Crippen LogP contribution >= 0.6 is 12.2 Å². The van der Waals surface area contributed by atoms with Gasteiger partial charge in [-0.15, -0.1) is 0 Å². The lowest BCUT2D eigenvalue weighted by molar-refractivity contribution is 0.267. The quantitative estimate of drug-likeness (QED) is 0.843. The lowest BCUT2D eigenvalue weighted by atomic mass is 10.1. The molecule has 1 atom stereocenters. The Hall–Kier alpha value is -1.65. The Balaban J connectivity index is 1.61. The molecule has 1 saturated heterocycles. The summed E-state index contributed by atoms with van der Waals surface area (Å²) in [5.74, 6) is 0. The van der Waals surface area contributed by atoms with Crippen molar-refractivity contribution in [3.05, 3.63) is 42.5 Å². The molecule has 3 rings (SSSR count). The Bertz CT molecular complexity index is 650. The number of nitrogens with one attached hydrogen (secondary N) is 2. The summed E-state index contributed by atoms with van der Waals surface area (Å²) in [4.78, 5) is 2.52. The number of thiocarbonyl (C=S) groups is 1. The second-order valence-corrected chi connectivity index (χ2v) is 6.19. The first-order chi connectivity index (χ1) is 10.8. The molecule has 3 nitrogen and oxygen atoms in total. The SMILES string of the molecule is CCN1CCCC1CNC(=S)Nc1cccc2ccccc12. The van der Waals surface area contributed by atoms with Crippen LogP contribution in [0.2, 0.25) is 0 Å². The number of benzene rings is 2. The van der Waals surface area contributed by atoms with Crippen LogP contribution in [0.3, 0.4) is 0 Å². The molecule has 0 aliphatic carbocycles. The first kappa shape index (κ1) is 15.3. The van der Waals surface area contributed by atoms with Gasteiger partial charge in [-0.2, -0.15) is 0 Å². The molecule has 0 bridgehead atoms. The molecule has 116 valence electrons. The average Bonchev–Trinajstić information content (AvgIpc) is 3.01. The Kier molecular flexibility index (Phi) is 4.90. The monoisotopic (exact) mass is 313 g/mol. The van der Waals surface area contributed by atoms with Crippen LogP contribution in [-0.4, -0.2) is 35.7 Å². The number of hydrogen-bond acceptors (Lipinski definition) is 2. The van der Waals surface area contributed by atoms with E-state index in [1.54, 1.807) is 0 Å². The highest BCUT2D eigenvalue weighted by Gasteiger charge is 2.22. The molecule has 1 heterocycles. The second-order valence-electron chi connectivity index (χ2n) is 5.79. The van der Waals surface area contributed by atoms with E-state index in [4.69, 9.17) is 12.2 Å². The van der Waals surface area contributed by atoms with Gasteiger partial charge in [0.25, 0.3) is 0 Å². The van der Waals surface area contributed by atoms with Gasteiger partial charge in [-0.25, -0.2) is 0 Å². The first-order valence-corrected chi connectivity index (χ1v) is 8.45. The number of rotatable bonds is 4. The predicted octanol–water partition coefficient (Wildman–Crippen LogP) is 3.61. The lowest BCUT2D eigenvalue weighted by Gasteiger charge is -2.23. The van der Waals surface area contributed by atoms with Crippen molar-refractivity contribution in [2.24, 2.45) is 0 Å². The normalized spacial score (nSPS) is 18.5. The molecule has 2 aromatic carbocycles. The first-order valence-electron chi connectivity index (χ1n) is 8.04. The summed E-state index contributed by atoms with van der Waals surface area (Å²) >= 11 is 5.47. The van der Waals surface area contributed by atoms with Crippen LogP contribution in [0.15, 0.2) is 42.5 Å². The molecule has 2 N–H and O–H groups in total. The molecule has 0 spiro atoms. The van der Waals surface area contributed by atoms with Crippen molar-refractivity contribution >= 4 is 33.8 Å². The van der Waals surface area contributed by atoms with Gasteiger partial charge in [-0.3, -0.25) is 4.90 Å². The molecule has 0 amide bonds. The fourth-order valence-electron chi connectivity index (χ4n) is 3.25. The molecule has 1 fully saturated rings. The Labute approximate surface area is 137 Å². The summed E-state index contributed by atoms with van der Waals surface area (Å²) < 4.78 is 0. The third kappa shape index (κ3) is 3.39. The van der Waals surface area contributed by atoms with Crippen LogP contribution < -0.4 is 10.6 Å². The van der Waals surface area contributed by atoms with E-state index in [2.05, 4.69) is 64.9 Å². The maximum Gasteiger partial charge on any atom is 0.170 e. The Morgan fingerprint density at radius 3 is 2.91 bits per heavy atom. The van der Waals surface area contributed by atoms with Crippen LogP contribution in [0.25, 0.3) is 10.8 Å². The van der Waals surface area contributed by atoms with Crippen molar-refractivity contribution in [3.8, 4) is 0 Å². The molecule has 4 heteroatoms. The van der Waals surface area contributed by atoms with Gasteiger partial charge < -0.3 is 10.6 Å². The fraction of sp³-hybridized carbons (Fsp3) is 0.389. The van der Waals surface area contributed by atoms with Crippen molar-refractivity contribution in [1.82, 2.24) is 10.2 Å². The van der Waals surface area contributed by atoms with Gasteiger partial charge in [0.15, 0.2) is 5.11 Å². The van der Waals surface area contributed by atoms with E-state index in [0.29, 0.717) is 11.2 Å². The van der Waals surface area contributed by atoms with E-state index in [1.165, 1.54) is 30.2 Å².